The maximum absolute atomic E-state index is 15.1. The van der Waals surface area contributed by atoms with Crippen LogP contribution in [0.4, 0.5) is 18.9 Å². The third-order valence-electron chi connectivity index (χ3n) is 21.7. The first-order valence-electron chi connectivity index (χ1n) is 40.3. The van der Waals surface area contributed by atoms with E-state index in [1.807, 2.05) is 0 Å². The van der Waals surface area contributed by atoms with Crippen LogP contribution in [-0.4, -0.2) is 124 Å². The Morgan fingerprint density at radius 3 is 0.704 bits per heavy atom. The monoisotopic (exact) mass is 2070 g/mol. The van der Waals surface area contributed by atoms with Crippen LogP contribution >= 0.6 is 63.7 Å². The normalized spacial score (nSPS) is 15.4. The highest BCUT2D eigenvalue weighted by Crippen LogP contribution is 2.34. The van der Waals surface area contributed by atoms with Gasteiger partial charge < -0.3 is 60.6 Å². The molecule has 0 spiro atoms. The van der Waals surface area contributed by atoms with Gasteiger partial charge in [-0.3, -0.25) is 86.3 Å². The van der Waals surface area contributed by atoms with Gasteiger partial charge in [0.1, 0.15) is 0 Å². The lowest BCUT2D eigenvalue weighted by Crippen LogP contribution is -2.32. The van der Waals surface area contributed by atoms with Gasteiger partial charge in [-0.1, -0.05) is 42.5 Å². The molecular formula is C98H69Br4F3N12O18. The van der Waals surface area contributed by atoms with Gasteiger partial charge in [0.25, 0.3) is 0 Å². The van der Waals surface area contributed by atoms with E-state index in [0.717, 1.165) is 86.3 Å². The fraction of sp³-hybridized carbons (Fsp3) is 0.0816. The lowest BCUT2D eigenvalue weighted by molar-refractivity contribution is -0.136. The number of halogens is 7. The number of benzene rings is 6. The van der Waals surface area contributed by atoms with E-state index in [2.05, 4.69) is 119 Å². The van der Waals surface area contributed by atoms with Crippen LogP contribution in [0.3, 0.4) is 0 Å². The molecule has 0 saturated carbocycles. The van der Waals surface area contributed by atoms with Gasteiger partial charge in [0.15, 0.2) is 0 Å². The zero-order valence-electron chi connectivity index (χ0n) is 71.3. The molecule has 24 bridgehead atoms. The van der Waals surface area contributed by atoms with E-state index in [-0.39, 0.29) is 80.9 Å². The third kappa shape index (κ3) is 19.3. The van der Waals surface area contributed by atoms with Crippen LogP contribution in [0.5, 0.6) is 0 Å². The van der Waals surface area contributed by atoms with Gasteiger partial charge in [-0.15, -0.1) is 0 Å². The molecule has 6 aliphatic rings. The van der Waals surface area contributed by atoms with Crippen molar-refractivity contribution in [3.63, 3.8) is 0 Å². The number of hydrogen-bond donors (Lipinski definition) is 12. The lowest BCUT2D eigenvalue weighted by Gasteiger charge is -2.12. The number of alkyl halides is 3. The molecule has 0 amide bonds. The van der Waals surface area contributed by atoms with Crippen molar-refractivity contribution in [3.05, 3.63) is 404 Å². The van der Waals surface area contributed by atoms with Crippen molar-refractivity contribution in [2.75, 3.05) is 5.73 Å². The number of anilines is 1. The summed E-state index contributed by atoms with van der Waals surface area (Å²) in [4.78, 5) is 282. The summed E-state index contributed by atoms with van der Waals surface area (Å²) in [5, 5.41) is 0.127. The second-order valence-electron chi connectivity index (χ2n) is 29.7. The first-order valence-corrected chi connectivity index (χ1v) is 43.4. The first kappa shape index (κ1) is 96.6. The number of Topliss-reactive ketones (excluding diaryl/α,β-unsaturated/α-hetero) is 12. The van der Waals surface area contributed by atoms with E-state index < -0.39 is 203 Å². The zero-order valence-corrected chi connectivity index (χ0v) is 77.6. The van der Waals surface area contributed by atoms with E-state index in [1.165, 1.54) is 157 Å². The Labute approximate surface area is 789 Å². The van der Waals surface area contributed by atoms with Crippen LogP contribution in [0, 0.1) is 6.92 Å². The zero-order chi connectivity index (χ0) is 97.8. The summed E-state index contributed by atoms with van der Waals surface area (Å²) in [6, 6.07) is 24.7. The Kier molecular flexibility index (Phi) is 28.6. The predicted molar refractivity (Wildman–Crippen MR) is 516 cm³/mol. The van der Waals surface area contributed by atoms with Crippen molar-refractivity contribution < 1.29 is 70.7 Å². The summed E-state index contributed by atoms with van der Waals surface area (Å²) >= 11 is 13.8. The van der Waals surface area contributed by atoms with Crippen LogP contribution in [0.2, 0.25) is 0 Å². The topological polar surface area (TPSA) is 507 Å². The highest BCUT2D eigenvalue weighted by atomic mass is 79.9. The molecule has 135 heavy (non-hydrogen) atoms. The van der Waals surface area contributed by atoms with E-state index in [0.29, 0.717) is 37.8 Å². The number of carbonyl (C=O) groups is 12. The van der Waals surface area contributed by atoms with Gasteiger partial charge in [0, 0.05) is 119 Å². The molecule has 10 heterocycles. The van der Waals surface area contributed by atoms with Crippen molar-refractivity contribution >= 4 is 205 Å². The Balaban J connectivity index is 0.966. The van der Waals surface area contributed by atoms with Crippen LogP contribution in [0.1, 0.15) is 177 Å². The predicted octanol–water partition coefficient (Wildman–Crippen LogP) is 17.9. The largest absolute Gasteiger partial charge is 0.418 e. The second kappa shape index (κ2) is 40.0. The summed E-state index contributed by atoms with van der Waals surface area (Å²) in [5.41, 5.74) is -8.66. The number of carbonyl (C=O) groups excluding carboxylic acids is 12. The molecule has 0 aliphatic heterocycles. The van der Waals surface area contributed by atoms with Crippen LogP contribution in [0.15, 0.2) is 294 Å². The minimum atomic E-state index is -5.18. The molecule has 13 N–H and O–H groups in total. The minimum absolute atomic E-state index is 0.127. The van der Waals surface area contributed by atoms with Gasteiger partial charge in [-0.25, -0.2) is 0 Å². The van der Waals surface area contributed by atoms with Crippen molar-refractivity contribution in [1.82, 2.24) is 54.8 Å². The summed E-state index contributed by atoms with van der Waals surface area (Å²) in [6.07, 6.45) is 13.1. The second-order valence-corrected chi connectivity index (χ2v) is 33.1. The number of rotatable bonds is 0. The van der Waals surface area contributed by atoms with Gasteiger partial charge >= 0.3 is 6.18 Å². The maximum Gasteiger partial charge on any atom is 0.418 e. The number of aromatic nitrogens is 11. The Bertz CT molecular complexity index is 8350. The molecule has 10 aromatic heterocycles. The van der Waals surface area contributed by atoms with Crippen molar-refractivity contribution in [3.8, 4) is 0 Å². The molecule has 30 nitrogen and oxygen atoms in total. The number of nitrogen functional groups attached to an aromatic ring is 1. The minimum Gasteiger partial charge on any atom is -0.398 e. The molecule has 0 saturated heterocycles. The highest BCUT2D eigenvalue weighted by molar-refractivity contribution is 9.11. The fourth-order valence-corrected chi connectivity index (χ4v) is 16.2. The lowest BCUT2D eigenvalue weighted by atomic mass is 9.89. The fourth-order valence-electron chi connectivity index (χ4n) is 14.4. The summed E-state index contributed by atoms with van der Waals surface area (Å²) in [6.45, 7) is 9.95. The van der Waals surface area contributed by atoms with Gasteiger partial charge in [0.05, 0.1) is 139 Å². The smallest absolute Gasteiger partial charge is 0.398 e. The van der Waals surface area contributed by atoms with Crippen LogP contribution < -0.4 is 38.3 Å². The molecule has 0 atom stereocenters. The number of hydrogen-bond acceptors (Lipinski definition) is 19. The summed E-state index contributed by atoms with van der Waals surface area (Å²) < 4.78 is 46.2. The number of H-pyrrole nitrogens is 11. The molecule has 22 rings (SSSR count). The Hall–Kier alpha value is -16.0. The van der Waals surface area contributed by atoms with E-state index in [1.54, 1.807) is 6.92 Å². The quantitative estimate of drug-likeness (QED) is 0.0495. The molecule has 678 valence electrons. The first-order chi connectivity index (χ1) is 64.3. The van der Waals surface area contributed by atoms with Crippen molar-refractivity contribution in [2.24, 2.45) is 0 Å². The van der Waals surface area contributed by atoms with Crippen LogP contribution in [-0.2, 0) is 6.18 Å². The van der Waals surface area contributed by atoms with Crippen molar-refractivity contribution in [1.29, 1.82) is 0 Å². The van der Waals surface area contributed by atoms with Crippen LogP contribution in [0.25, 0.3) is 66.1 Å². The van der Waals surface area contributed by atoms with Gasteiger partial charge in [-0.2, -0.15) is 13.2 Å². The maximum atomic E-state index is 15.1. The molecular weight excluding hydrogens is 2010 g/mol. The molecule has 37 heteroatoms. The number of allylic oxidation sites excluding steroid dienone is 12. The van der Waals surface area contributed by atoms with Crippen molar-refractivity contribution in [2.45, 2.75) is 54.6 Å². The SMILES string of the molecule is C/C=C1/C(=O)c2c[nH]c3ccc(cc3)[nH]cc3c(=O)c(c[nH]c4cc(Br)c(cc4Br)[nH]cc4c(=O)c(c[nH]c5ccc(cc5)[nH]cc5c(=O)c(c[nH]c6ccc([nH]cc7c(=O)c(c[nH]c8cc(Br)c(cc8Br)[nH]cc8c(=O)c(c(N)c9ccc([nH]cc(c2=O)C1=O)c(C)c9)C(=O)/C(=C/C)C8=O)C(=O)/C(=C/C)C7=O)c(C(F)(F)F)c6)C(=O)/C(=C/C)C5=O)C(=O)/C(=C/C)C4=O)C(=O)/C(=C/C)C3=O. The average Bonchev–Trinajstić information content (AvgIpc) is 0.788. The molecule has 0 fully saturated rings. The van der Waals surface area contributed by atoms with E-state index in [9.17, 15) is 86.3 Å². The number of aromatic amines is 11. The van der Waals surface area contributed by atoms with Gasteiger partial charge in [0.2, 0.25) is 102 Å². The molecule has 6 aromatic carbocycles. The summed E-state index contributed by atoms with van der Waals surface area (Å²) in [7, 11) is 0. The number of nitrogens with one attached hydrogen (secondary N) is 11. The van der Waals surface area contributed by atoms with Gasteiger partial charge in [-0.05, 0) is 226 Å². The molecule has 0 unspecified atom stereocenters. The number of nitrogens with two attached hydrogens (primary N) is 1. The Morgan fingerprint density at radius 1 is 0.252 bits per heavy atom. The standard InChI is InChI=1S/C98H69Br4F3N12O18/c1-8-50-80(118)56-32-107-45-15-17-47(18-16-45)109-34-58-82(120)52(10-3)87(125)63(93(58)131)39-114-74-28-69(100)75(29-68(74)99)115-40-64-88(126)53(11-4)83(121)59(94(64)132)35-110-48-21-19-46(20-22-48)108-33-57-81(119)51(9-2)85(123)61(92(57)130)37-112-72-24-14-44(26-43(72)7)79(106)78-96(134)55(13-6)90(128)66(97(78)135)42-117-77-31-70(101)76(30-71(77)102)116-41-65-89(127)54(12-5)86(124)62(95(65)133)38-113-73-25-23-49(27-67(73)98(103,104)105)111-36-60(84(50)122)91(56)129/h8-42,107-117H,106H2,1-7H3/b50-8+,51-9-,52-10-,53-11+,54-12+,55-13+,56-32?,57-33?,58-34?,59-35?,60-36?,61-37?,62-38?,63-39?,64-40?,65-41?,66-42?,79-78?. The third-order valence-corrected chi connectivity index (χ3v) is 24.3. The van der Waals surface area contributed by atoms with E-state index >= 15 is 13.2 Å². The number of aryl methyl sites for hydroxylation is 1. The average molecular weight is 2080 g/mol. The highest BCUT2D eigenvalue weighted by Gasteiger charge is 2.38. The summed E-state index contributed by atoms with van der Waals surface area (Å²) in [5.74, 6) is -11.6. The Morgan fingerprint density at radius 2 is 0.459 bits per heavy atom. The molecule has 6 aliphatic carbocycles. The molecule has 0 radical (unpaired) electrons. The molecule has 16 aromatic rings. The van der Waals surface area contributed by atoms with E-state index in [4.69, 9.17) is 5.73 Å². The number of ketones is 12.